The molecule has 1 nitrogen and oxygen atoms in total. The Morgan fingerprint density at radius 1 is 1.50 bits per heavy atom. The summed E-state index contributed by atoms with van der Waals surface area (Å²) in [7, 11) is 0. The zero-order valence-electron chi connectivity index (χ0n) is 5.53. The molecule has 0 atom stereocenters. The second kappa shape index (κ2) is 2.28. The molecule has 2 heteroatoms. The van der Waals surface area contributed by atoms with E-state index >= 15 is 0 Å². The normalized spacial score (nSPS) is 27.8. The standard InChI is InChI=1S/C6H13NS/c1-6(2)5-8-4-3-7-6/h7H,3-5H2,1-2H3. The molecule has 48 valence electrons. The van der Waals surface area contributed by atoms with Crippen molar-refractivity contribution in [3.05, 3.63) is 0 Å². The third-order valence-electron chi connectivity index (χ3n) is 1.31. The number of hydrogen-bond acceptors (Lipinski definition) is 2. The third kappa shape index (κ3) is 1.67. The van der Waals surface area contributed by atoms with Gasteiger partial charge in [-0.2, -0.15) is 11.8 Å². The van der Waals surface area contributed by atoms with Gasteiger partial charge in [-0.25, -0.2) is 0 Å². The van der Waals surface area contributed by atoms with Crippen molar-refractivity contribution in [3.63, 3.8) is 0 Å². The first-order chi connectivity index (χ1) is 3.71. The van der Waals surface area contributed by atoms with Crippen molar-refractivity contribution < 1.29 is 0 Å². The van der Waals surface area contributed by atoms with Crippen LogP contribution in [0.3, 0.4) is 0 Å². The van der Waals surface area contributed by atoms with Gasteiger partial charge in [0.2, 0.25) is 0 Å². The lowest BCUT2D eigenvalue weighted by atomic mass is 10.1. The van der Waals surface area contributed by atoms with Gasteiger partial charge in [0.25, 0.3) is 0 Å². The molecule has 0 aliphatic carbocycles. The van der Waals surface area contributed by atoms with E-state index in [4.69, 9.17) is 0 Å². The molecule has 1 saturated heterocycles. The maximum Gasteiger partial charge on any atom is 0.0215 e. The first-order valence-electron chi connectivity index (χ1n) is 3.03. The lowest BCUT2D eigenvalue weighted by molar-refractivity contribution is 0.439. The van der Waals surface area contributed by atoms with Crippen LogP contribution in [0, 0.1) is 0 Å². The Morgan fingerprint density at radius 2 is 2.25 bits per heavy atom. The fourth-order valence-electron chi connectivity index (χ4n) is 0.840. The van der Waals surface area contributed by atoms with Crippen LogP contribution in [0.5, 0.6) is 0 Å². The van der Waals surface area contributed by atoms with Gasteiger partial charge in [-0.15, -0.1) is 0 Å². The highest BCUT2D eigenvalue weighted by atomic mass is 32.2. The van der Waals surface area contributed by atoms with Crippen LogP contribution in [0.15, 0.2) is 0 Å². The van der Waals surface area contributed by atoms with E-state index < -0.39 is 0 Å². The second-order valence-corrected chi connectivity index (χ2v) is 3.97. The van der Waals surface area contributed by atoms with Crippen molar-refractivity contribution in [2.45, 2.75) is 19.4 Å². The summed E-state index contributed by atoms with van der Waals surface area (Å²) in [5, 5.41) is 3.44. The Balaban J connectivity index is 2.33. The molecule has 0 radical (unpaired) electrons. The van der Waals surface area contributed by atoms with E-state index in [2.05, 4.69) is 19.2 Å². The van der Waals surface area contributed by atoms with Crippen LogP contribution in [0.1, 0.15) is 13.8 Å². The molecule has 1 rings (SSSR count). The number of rotatable bonds is 0. The van der Waals surface area contributed by atoms with Gasteiger partial charge in [-0.1, -0.05) is 0 Å². The van der Waals surface area contributed by atoms with Gasteiger partial charge in [0, 0.05) is 23.6 Å². The molecule has 1 heterocycles. The maximum atomic E-state index is 3.44. The van der Waals surface area contributed by atoms with E-state index in [1.54, 1.807) is 0 Å². The second-order valence-electron chi connectivity index (χ2n) is 2.86. The molecule has 1 aliphatic heterocycles. The van der Waals surface area contributed by atoms with Gasteiger partial charge in [0.15, 0.2) is 0 Å². The molecule has 1 fully saturated rings. The Bertz CT molecular complexity index is 72.6. The van der Waals surface area contributed by atoms with E-state index in [1.807, 2.05) is 11.8 Å². The highest BCUT2D eigenvalue weighted by molar-refractivity contribution is 7.99. The van der Waals surface area contributed by atoms with Gasteiger partial charge in [-0.3, -0.25) is 0 Å². The molecule has 0 aromatic heterocycles. The van der Waals surface area contributed by atoms with Crippen LogP contribution in [-0.2, 0) is 0 Å². The molecule has 8 heavy (non-hydrogen) atoms. The topological polar surface area (TPSA) is 12.0 Å². The van der Waals surface area contributed by atoms with Crippen LogP contribution in [0.4, 0.5) is 0 Å². The highest BCUT2D eigenvalue weighted by Gasteiger charge is 2.19. The van der Waals surface area contributed by atoms with E-state index in [0.29, 0.717) is 5.54 Å². The molecule has 0 spiro atoms. The quantitative estimate of drug-likeness (QED) is 0.528. The number of nitrogens with one attached hydrogen (secondary N) is 1. The molecule has 0 bridgehead atoms. The minimum atomic E-state index is 0.392. The fourth-order valence-corrected chi connectivity index (χ4v) is 1.84. The molecular weight excluding hydrogens is 118 g/mol. The highest BCUT2D eigenvalue weighted by Crippen LogP contribution is 2.15. The largest absolute Gasteiger partial charge is 0.310 e. The van der Waals surface area contributed by atoms with Crippen molar-refractivity contribution >= 4 is 11.8 Å². The molecular formula is C6H13NS. The molecule has 0 amide bonds. The minimum Gasteiger partial charge on any atom is -0.310 e. The molecule has 0 aromatic carbocycles. The molecule has 0 unspecified atom stereocenters. The van der Waals surface area contributed by atoms with E-state index in [0.717, 1.165) is 0 Å². The fraction of sp³-hybridized carbons (Fsp3) is 1.00. The average Bonchev–Trinajstić information content (AvgIpc) is 1.65. The van der Waals surface area contributed by atoms with Crippen LogP contribution >= 0.6 is 11.8 Å². The monoisotopic (exact) mass is 131 g/mol. The summed E-state index contributed by atoms with van der Waals surface area (Å²) in [6.45, 7) is 5.68. The molecule has 0 saturated carbocycles. The van der Waals surface area contributed by atoms with Crippen molar-refractivity contribution in [1.29, 1.82) is 0 Å². The third-order valence-corrected chi connectivity index (χ3v) is 2.73. The van der Waals surface area contributed by atoms with Crippen molar-refractivity contribution in [2.75, 3.05) is 18.1 Å². The molecule has 0 aromatic rings. The first-order valence-corrected chi connectivity index (χ1v) is 4.19. The van der Waals surface area contributed by atoms with Crippen LogP contribution in [0.2, 0.25) is 0 Å². The number of hydrogen-bond donors (Lipinski definition) is 1. The summed E-state index contributed by atoms with van der Waals surface area (Å²) in [5.74, 6) is 2.54. The van der Waals surface area contributed by atoms with Gasteiger partial charge in [0.05, 0.1) is 0 Å². The summed E-state index contributed by atoms with van der Waals surface area (Å²) in [6.07, 6.45) is 0. The van der Waals surface area contributed by atoms with Crippen LogP contribution in [-0.4, -0.2) is 23.6 Å². The SMILES string of the molecule is CC1(C)CSCCN1. The first kappa shape index (κ1) is 6.43. The van der Waals surface area contributed by atoms with Crippen molar-refractivity contribution in [2.24, 2.45) is 0 Å². The summed E-state index contributed by atoms with van der Waals surface area (Å²) in [5.41, 5.74) is 0.392. The van der Waals surface area contributed by atoms with E-state index in [9.17, 15) is 0 Å². The summed E-state index contributed by atoms with van der Waals surface area (Å²) < 4.78 is 0. The number of thioether (sulfide) groups is 1. The van der Waals surface area contributed by atoms with Gasteiger partial charge < -0.3 is 5.32 Å². The average molecular weight is 131 g/mol. The predicted molar refractivity (Wildman–Crippen MR) is 39.4 cm³/mol. The zero-order valence-corrected chi connectivity index (χ0v) is 6.35. The molecule has 1 N–H and O–H groups in total. The minimum absolute atomic E-state index is 0.392. The van der Waals surface area contributed by atoms with E-state index in [-0.39, 0.29) is 0 Å². The van der Waals surface area contributed by atoms with Gasteiger partial charge >= 0.3 is 0 Å². The summed E-state index contributed by atoms with van der Waals surface area (Å²) in [6, 6.07) is 0. The summed E-state index contributed by atoms with van der Waals surface area (Å²) >= 11 is 2.04. The maximum absolute atomic E-state index is 3.44. The van der Waals surface area contributed by atoms with Gasteiger partial charge in [0.1, 0.15) is 0 Å². The van der Waals surface area contributed by atoms with Crippen molar-refractivity contribution in [1.82, 2.24) is 5.32 Å². The lowest BCUT2D eigenvalue weighted by Crippen LogP contribution is -2.46. The zero-order chi connectivity index (χ0) is 6.04. The summed E-state index contributed by atoms with van der Waals surface area (Å²) in [4.78, 5) is 0. The smallest absolute Gasteiger partial charge is 0.0215 e. The predicted octanol–water partition coefficient (Wildman–Crippen LogP) is 1.10. The Morgan fingerprint density at radius 3 is 2.50 bits per heavy atom. The Hall–Kier alpha value is 0.310. The van der Waals surface area contributed by atoms with Crippen LogP contribution in [0.25, 0.3) is 0 Å². The lowest BCUT2D eigenvalue weighted by Gasteiger charge is -2.30. The van der Waals surface area contributed by atoms with Gasteiger partial charge in [-0.05, 0) is 13.8 Å². The van der Waals surface area contributed by atoms with Crippen molar-refractivity contribution in [3.8, 4) is 0 Å². The molecule has 1 aliphatic rings. The Labute approximate surface area is 55.2 Å². The van der Waals surface area contributed by atoms with Crippen LogP contribution < -0.4 is 5.32 Å². The Kier molecular flexibility index (Phi) is 1.83. The van der Waals surface area contributed by atoms with E-state index in [1.165, 1.54) is 18.1 Å².